The fraction of sp³-hybridized carbons (Fsp3) is 0.407. The van der Waals surface area contributed by atoms with E-state index < -0.39 is 7.37 Å². The molecule has 0 saturated heterocycles. The number of fused-ring (bicyclic) bond motifs is 2. The zero-order valence-corrected chi connectivity index (χ0v) is 20.3. The number of rotatable bonds is 2. The van der Waals surface area contributed by atoms with Crippen LogP contribution in [0.15, 0.2) is 53.9 Å². The molecule has 0 fully saturated rings. The molecule has 1 aliphatic heterocycles. The first-order valence-corrected chi connectivity index (χ1v) is 12.9. The molecule has 0 amide bonds. The molecule has 2 aliphatic rings. The maximum atomic E-state index is 14.4. The van der Waals surface area contributed by atoms with Gasteiger partial charge in [0.25, 0.3) is 7.37 Å². The third kappa shape index (κ3) is 4.01. The van der Waals surface area contributed by atoms with Crippen LogP contribution >= 0.6 is 7.37 Å². The Labute approximate surface area is 186 Å². The Kier molecular flexibility index (Phi) is 5.25. The lowest BCUT2D eigenvalue weighted by Crippen LogP contribution is -2.18. The molecule has 0 saturated carbocycles. The van der Waals surface area contributed by atoms with Crippen LogP contribution in [0.4, 0.5) is 0 Å². The van der Waals surface area contributed by atoms with E-state index >= 15 is 0 Å². The lowest BCUT2D eigenvalue weighted by Gasteiger charge is -2.33. The van der Waals surface area contributed by atoms with Gasteiger partial charge in [0.2, 0.25) is 0 Å². The molecule has 0 spiro atoms. The van der Waals surface area contributed by atoms with Crippen molar-refractivity contribution in [3.63, 3.8) is 0 Å². The number of allylic oxidation sites excluding steroid dienone is 4. The molecule has 1 N–H and O–H groups in total. The van der Waals surface area contributed by atoms with Crippen LogP contribution in [0.5, 0.6) is 11.5 Å². The highest BCUT2D eigenvalue weighted by molar-refractivity contribution is 7.63. The SMILES string of the molecule is CC(C)(C)c1cc(CP2(=O)Oc3ccccc3C3=C2CCC=C3)cc(C(C)(C)C)c1O. The lowest BCUT2D eigenvalue weighted by atomic mass is 9.78. The fourth-order valence-electron chi connectivity index (χ4n) is 4.53. The first kappa shape index (κ1) is 22.0. The minimum Gasteiger partial charge on any atom is -0.507 e. The zero-order valence-electron chi connectivity index (χ0n) is 19.5. The number of benzene rings is 2. The first-order valence-electron chi connectivity index (χ1n) is 11.1. The van der Waals surface area contributed by atoms with Crippen molar-refractivity contribution >= 4 is 12.9 Å². The fourth-order valence-corrected chi connectivity index (χ4v) is 7.07. The van der Waals surface area contributed by atoms with Crippen LogP contribution in [0.25, 0.3) is 5.57 Å². The summed E-state index contributed by atoms with van der Waals surface area (Å²) in [5.74, 6) is 1.04. The Balaban J connectivity index is 1.86. The minimum absolute atomic E-state index is 0.230. The summed E-state index contributed by atoms with van der Waals surface area (Å²) in [7, 11) is -3.11. The van der Waals surface area contributed by atoms with Crippen LogP contribution in [0.1, 0.15) is 76.6 Å². The van der Waals surface area contributed by atoms with Crippen LogP contribution in [0.3, 0.4) is 0 Å². The number of aromatic hydroxyl groups is 1. The highest BCUT2D eigenvalue weighted by atomic mass is 31.2. The van der Waals surface area contributed by atoms with Crippen molar-refractivity contribution < 1.29 is 14.2 Å². The minimum atomic E-state index is -3.11. The normalized spacial score (nSPS) is 20.8. The Bertz CT molecular complexity index is 1100. The van der Waals surface area contributed by atoms with Crippen molar-refractivity contribution in [2.75, 3.05) is 0 Å². The van der Waals surface area contributed by atoms with Crippen LogP contribution < -0.4 is 4.52 Å². The molecule has 164 valence electrons. The summed E-state index contributed by atoms with van der Waals surface area (Å²) in [5, 5.41) is 12.0. The molecule has 4 heteroatoms. The second-order valence-electron chi connectivity index (χ2n) is 10.8. The first-order chi connectivity index (χ1) is 14.4. The standard InChI is InChI=1S/C27H33O3P/c1-26(2,3)21-15-18(16-22(25(21)28)27(4,5)6)17-31(29)24-14-10-8-12-20(24)19-11-7-9-13-23(19)30-31/h7-9,11-13,15-16,28H,10,14,17H2,1-6H3. The van der Waals surface area contributed by atoms with E-state index in [1.165, 1.54) is 0 Å². The van der Waals surface area contributed by atoms with Crippen molar-refractivity contribution in [3.8, 4) is 11.5 Å². The zero-order chi connectivity index (χ0) is 22.6. The van der Waals surface area contributed by atoms with E-state index in [-0.39, 0.29) is 10.8 Å². The summed E-state index contributed by atoms with van der Waals surface area (Å²) in [5.41, 5.74) is 4.35. The molecule has 4 rings (SSSR count). The maximum Gasteiger partial charge on any atom is 0.278 e. The second kappa shape index (κ2) is 7.41. The Morgan fingerprint density at radius 1 is 1.00 bits per heavy atom. The summed E-state index contributed by atoms with van der Waals surface area (Å²) in [6.45, 7) is 12.6. The largest absolute Gasteiger partial charge is 0.507 e. The van der Waals surface area contributed by atoms with Gasteiger partial charge in [-0.3, -0.25) is 4.57 Å². The molecule has 1 aliphatic carbocycles. The van der Waals surface area contributed by atoms with Crippen molar-refractivity contribution in [1.29, 1.82) is 0 Å². The third-order valence-electron chi connectivity index (χ3n) is 6.15. The Hall–Kier alpha value is -2.25. The predicted octanol–water partition coefficient (Wildman–Crippen LogP) is 7.92. The van der Waals surface area contributed by atoms with E-state index in [4.69, 9.17) is 4.52 Å². The van der Waals surface area contributed by atoms with Gasteiger partial charge in [0.1, 0.15) is 11.5 Å². The quantitative estimate of drug-likeness (QED) is 0.486. The average molecular weight is 437 g/mol. The number of para-hydroxylation sites is 1. The summed E-state index contributed by atoms with van der Waals surface area (Å²) >= 11 is 0. The van der Waals surface area contributed by atoms with Crippen molar-refractivity contribution in [1.82, 2.24) is 0 Å². The second-order valence-corrected chi connectivity index (χ2v) is 13.1. The predicted molar refractivity (Wildman–Crippen MR) is 129 cm³/mol. The molecule has 2 aromatic carbocycles. The van der Waals surface area contributed by atoms with Crippen LogP contribution in [-0.4, -0.2) is 5.11 Å². The smallest absolute Gasteiger partial charge is 0.278 e. The lowest BCUT2D eigenvalue weighted by molar-refractivity contribution is 0.422. The van der Waals surface area contributed by atoms with E-state index in [2.05, 4.69) is 53.7 Å². The molecule has 1 atom stereocenters. The van der Waals surface area contributed by atoms with Crippen molar-refractivity contribution in [3.05, 3.63) is 76.1 Å². The number of hydrogen-bond acceptors (Lipinski definition) is 3. The van der Waals surface area contributed by atoms with Gasteiger partial charge in [0.05, 0.1) is 6.16 Å². The number of phenolic OH excluding ortho intramolecular Hbond substituents is 1. The summed E-state index contributed by atoms with van der Waals surface area (Å²) in [4.78, 5) is 0. The van der Waals surface area contributed by atoms with Gasteiger partial charge < -0.3 is 9.63 Å². The number of hydrogen-bond donors (Lipinski definition) is 1. The molecule has 1 unspecified atom stereocenters. The van der Waals surface area contributed by atoms with Crippen LogP contribution in [-0.2, 0) is 21.6 Å². The molecule has 0 radical (unpaired) electrons. The topological polar surface area (TPSA) is 46.5 Å². The highest BCUT2D eigenvalue weighted by Crippen LogP contribution is 2.65. The molecule has 0 bridgehead atoms. The van der Waals surface area contributed by atoms with Gasteiger partial charge in [0, 0.05) is 10.9 Å². The molecule has 0 aromatic heterocycles. The Morgan fingerprint density at radius 3 is 2.23 bits per heavy atom. The van der Waals surface area contributed by atoms with Gasteiger partial charge in [0.15, 0.2) is 0 Å². The van der Waals surface area contributed by atoms with Crippen molar-refractivity contribution in [2.24, 2.45) is 0 Å². The summed E-state index contributed by atoms with van der Waals surface area (Å²) in [6.07, 6.45) is 6.23. The van der Waals surface area contributed by atoms with Gasteiger partial charge in [-0.25, -0.2) is 0 Å². The van der Waals surface area contributed by atoms with Gasteiger partial charge in [-0.15, -0.1) is 0 Å². The summed E-state index contributed by atoms with van der Waals surface area (Å²) in [6, 6.07) is 11.9. The molecule has 31 heavy (non-hydrogen) atoms. The van der Waals surface area contributed by atoms with Gasteiger partial charge in [-0.05, 0) is 52.0 Å². The van der Waals surface area contributed by atoms with E-state index in [1.54, 1.807) is 0 Å². The monoisotopic (exact) mass is 436 g/mol. The maximum absolute atomic E-state index is 14.4. The van der Waals surface area contributed by atoms with Crippen LogP contribution in [0, 0.1) is 0 Å². The van der Waals surface area contributed by atoms with Gasteiger partial charge in [-0.1, -0.05) is 84.0 Å². The Morgan fingerprint density at radius 2 is 1.61 bits per heavy atom. The van der Waals surface area contributed by atoms with Crippen LogP contribution in [0.2, 0.25) is 0 Å². The van der Waals surface area contributed by atoms with E-state index in [1.807, 2.05) is 36.4 Å². The molecule has 1 heterocycles. The number of phenols is 1. The van der Waals surface area contributed by atoms with Gasteiger partial charge in [-0.2, -0.15) is 0 Å². The van der Waals surface area contributed by atoms with E-state index in [0.717, 1.165) is 46.0 Å². The average Bonchev–Trinajstić information content (AvgIpc) is 2.68. The van der Waals surface area contributed by atoms with Gasteiger partial charge >= 0.3 is 0 Å². The highest BCUT2D eigenvalue weighted by Gasteiger charge is 2.39. The molecular weight excluding hydrogens is 403 g/mol. The van der Waals surface area contributed by atoms with Crippen molar-refractivity contribution in [2.45, 2.75) is 71.4 Å². The molecular formula is C27H33O3P. The van der Waals surface area contributed by atoms with E-state index in [0.29, 0.717) is 17.7 Å². The molecule has 2 aromatic rings. The van der Waals surface area contributed by atoms with E-state index in [9.17, 15) is 9.67 Å². The summed E-state index contributed by atoms with van der Waals surface area (Å²) < 4.78 is 20.6. The third-order valence-corrected chi connectivity index (χ3v) is 8.71. The molecule has 3 nitrogen and oxygen atoms in total.